The van der Waals surface area contributed by atoms with Crippen molar-refractivity contribution < 1.29 is 0 Å². The number of nitrogens with two attached hydrogens (primary N) is 1. The summed E-state index contributed by atoms with van der Waals surface area (Å²) in [5, 5.41) is 0. The lowest BCUT2D eigenvalue weighted by atomic mass is 10.3. The van der Waals surface area contributed by atoms with E-state index in [2.05, 4.69) is 11.9 Å². The number of para-hydroxylation sites is 1. The van der Waals surface area contributed by atoms with Crippen molar-refractivity contribution in [1.82, 2.24) is 9.21 Å². The average molecular weight is 253 g/mol. The van der Waals surface area contributed by atoms with Crippen LogP contribution in [0.15, 0.2) is 29.2 Å². The van der Waals surface area contributed by atoms with Crippen LogP contribution in [-0.4, -0.2) is 43.4 Å². The summed E-state index contributed by atoms with van der Waals surface area (Å²) in [4.78, 5) is 3.47. The topological polar surface area (TPSA) is 32.5 Å². The van der Waals surface area contributed by atoms with Gasteiger partial charge in [-0.25, -0.2) is 0 Å². The van der Waals surface area contributed by atoms with Crippen molar-refractivity contribution >= 4 is 17.6 Å². The second-order valence-corrected chi connectivity index (χ2v) is 5.80. The van der Waals surface area contributed by atoms with Gasteiger partial charge in [-0.2, -0.15) is 0 Å². The van der Waals surface area contributed by atoms with Crippen molar-refractivity contribution in [3.63, 3.8) is 0 Å². The van der Waals surface area contributed by atoms with Crippen LogP contribution in [0.5, 0.6) is 0 Å². The molecule has 1 aromatic carbocycles. The maximum Gasteiger partial charge on any atom is 0.0465 e. The molecule has 0 spiro atoms. The van der Waals surface area contributed by atoms with Crippen molar-refractivity contribution in [3.8, 4) is 0 Å². The molecule has 1 aliphatic heterocycles. The van der Waals surface area contributed by atoms with Crippen molar-refractivity contribution in [2.24, 2.45) is 0 Å². The van der Waals surface area contributed by atoms with Crippen LogP contribution in [0, 0.1) is 0 Å². The Bertz CT molecular complexity index is 322. The fourth-order valence-corrected chi connectivity index (χ4v) is 2.34. The molecule has 1 aromatic rings. The van der Waals surface area contributed by atoms with Crippen molar-refractivity contribution in [3.05, 3.63) is 24.3 Å². The molecule has 0 bridgehead atoms. The lowest BCUT2D eigenvalue weighted by Gasteiger charge is -2.09. The Kier molecular flexibility index (Phi) is 6.40. The van der Waals surface area contributed by atoms with Crippen LogP contribution in [0.25, 0.3) is 0 Å². The van der Waals surface area contributed by atoms with Gasteiger partial charge in [-0.15, -0.1) is 0 Å². The molecule has 0 saturated carbocycles. The predicted molar refractivity (Wildman–Crippen MR) is 77.1 cm³/mol. The quantitative estimate of drug-likeness (QED) is 0.648. The van der Waals surface area contributed by atoms with Crippen molar-refractivity contribution in [2.75, 3.05) is 40.0 Å². The molecular weight excluding hydrogens is 230 g/mol. The van der Waals surface area contributed by atoms with Crippen LogP contribution in [-0.2, 0) is 0 Å². The molecule has 0 aromatic heterocycles. The number of nitrogens with zero attached hydrogens (tertiary/aromatic N) is 2. The molecule has 17 heavy (non-hydrogen) atoms. The molecule has 1 heterocycles. The highest BCUT2D eigenvalue weighted by Gasteiger charge is 2.03. The van der Waals surface area contributed by atoms with Gasteiger partial charge in [-0.3, -0.25) is 4.31 Å². The van der Waals surface area contributed by atoms with E-state index in [0.29, 0.717) is 0 Å². The molecule has 4 heteroatoms. The maximum absolute atomic E-state index is 5.72. The number of hydrogen-bond acceptors (Lipinski definition) is 4. The van der Waals surface area contributed by atoms with Gasteiger partial charge in [0.2, 0.25) is 0 Å². The van der Waals surface area contributed by atoms with Gasteiger partial charge in [0.05, 0.1) is 0 Å². The molecule has 1 aliphatic rings. The highest BCUT2D eigenvalue weighted by atomic mass is 32.2. The van der Waals surface area contributed by atoms with E-state index in [4.69, 9.17) is 5.73 Å². The summed E-state index contributed by atoms with van der Waals surface area (Å²) in [6, 6.07) is 7.85. The lowest BCUT2D eigenvalue weighted by Crippen LogP contribution is -2.10. The zero-order valence-corrected chi connectivity index (χ0v) is 11.8. The summed E-state index contributed by atoms with van der Waals surface area (Å²) >= 11 is 1.63. The molecule has 0 unspecified atom stereocenters. The standard InChI is InChI=1S/C8H12N2S.C5H11N/c1-10(2)11-8-6-4-3-5-7(8)9;1-6-4-2-3-5-6/h3-6H,9H2,1-2H3;2-5H2,1H3. The minimum atomic E-state index is 0.839. The molecule has 1 fully saturated rings. The SMILES string of the molecule is CN(C)Sc1ccccc1N.CN1CCCC1. The first kappa shape index (κ1) is 14.4. The Morgan fingerprint density at radius 3 is 2.18 bits per heavy atom. The van der Waals surface area contributed by atoms with E-state index in [1.54, 1.807) is 11.9 Å². The van der Waals surface area contributed by atoms with Crippen LogP contribution in [0.3, 0.4) is 0 Å². The smallest absolute Gasteiger partial charge is 0.0465 e. The second-order valence-electron chi connectivity index (χ2n) is 4.45. The Morgan fingerprint density at radius 1 is 1.18 bits per heavy atom. The molecule has 3 nitrogen and oxygen atoms in total. The first-order valence-electron chi connectivity index (χ1n) is 5.98. The minimum Gasteiger partial charge on any atom is -0.398 e. The fraction of sp³-hybridized carbons (Fsp3) is 0.538. The average Bonchev–Trinajstić information content (AvgIpc) is 2.73. The minimum absolute atomic E-state index is 0.839. The molecule has 1 saturated heterocycles. The summed E-state index contributed by atoms with van der Waals surface area (Å²) in [6.45, 7) is 2.64. The van der Waals surface area contributed by atoms with Gasteiger partial charge in [0.25, 0.3) is 0 Å². The van der Waals surface area contributed by atoms with Gasteiger partial charge in [-0.1, -0.05) is 12.1 Å². The zero-order chi connectivity index (χ0) is 12.7. The van der Waals surface area contributed by atoms with Crippen molar-refractivity contribution in [1.29, 1.82) is 0 Å². The molecule has 2 N–H and O–H groups in total. The summed E-state index contributed by atoms with van der Waals surface area (Å²) in [5.41, 5.74) is 6.56. The molecule has 0 aliphatic carbocycles. The molecule has 0 amide bonds. The first-order valence-corrected chi connectivity index (χ1v) is 6.75. The maximum atomic E-state index is 5.72. The third-order valence-corrected chi connectivity index (χ3v) is 3.46. The molecule has 96 valence electrons. The summed E-state index contributed by atoms with van der Waals surface area (Å²) in [5.74, 6) is 0. The number of benzene rings is 1. The van der Waals surface area contributed by atoms with Crippen LogP contribution in [0.4, 0.5) is 5.69 Å². The Balaban J connectivity index is 0.000000202. The Labute approximate surface area is 109 Å². The third kappa shape index (κ3) is 5.96. The predicted octanol–water partition coefficient (Wildman–Crippen LogP) is 2.55. The highest BCUT2D eigenvalue weighted by molar-refractivity contribution is 7.97. The van der Waals surface area contributed by atoms with Gasteiger partial charge in [0.1, 0.15) is 0 Å². The zero-order valence-electron chi connectivity index (χ0n) is 11.0. The number of hydrogen-bond donors (Lipinski definition) is 1. The molecule has 0 radical (unpaired) electrons. The van der Waals surface area contributed by atoms with Crippen LogP contribution in [0.2, 0.25) is 0 Å². The summed E-state index contributed by atoms with van der Waals surface area (Å²) in [6.07, 6.45) is 2.83. The van der Waals surface area contributed by atoms with E-state index in [0.717, 1.165) is 10.6 Å². The van der Waals surface area contributed by atoms with E-state index < -0.39 is 0 Å². The monoisotopic (exact) mass is 253 g/mol. The van der Waals surface area contributed by atoms with Crippen molar-refractivity contribution in [2.45, 2.75) is 17.7 Å². The molecule has 2 rings (SSSR count). The first-order chi connectivity index (χ1) is 8.09. The highest BCUT2D eigenvalue weighted by Crippen LogP contribution is 2.25. The normalized spacial score (nSPS) is 15.8. The van der Waals surface area contributed by atoms with Gasteiger partial charge < -0.3 is 10.6 Å². The van der Waals surface area contributed by atoms with E-state index in [-0.39, 0.29) is 0 Å². The number of anilines is 1. The largest absolute Gasteiger partial charge is 0.398 e. The van der Waals surface area contributed by atoms with Gasteiger partial charge in [0, 0.05) is 10.6 Å². The molecular formula is C13H23N3S. The van der Waals surface area contributed by atoms with E-state index >= 15 is 0 Å². The van der Waals surface area contributed by atoms with E-state index in [9.17, 15) is 0 Å². The number of nitrogen functional groups attached to an aromatic ring is 1. The van der Waals surface area contributed by atoms with Crippen LogP contribution >= 0.6 is 11.9 Å². The molecule has 0 atom stereocenters. The Morgan fingerprint density at radius 2 is 1.76 bits per heavy atom. The fourth-order valence-electron chi connectivity index (χ4n) is 1.64. The van der Waals surface area contributed by atoms with Gasteiger partial charge in [0.15, 0.2) is 0 Å². The Hall–Kier alpha value is -0.710. The van der Waals surface area contributed by atoms with Gasteiger partial charge in [-0.05, 0) is 71.2 Å². The summed E-state index contributed by atoms with van der Waals surface area (Å²) in [7, 11) is 6.17. The van der Waals surface area contributed by atoms with E-state index in [1.807, 2.05) is 42.7 Å². The van der Waals surface area contributed by atoms with Crippen LogP contribution < -0.4 is 5.73 Å². The number of likely N-dealkylation sites (tertiary alicyclic amines) is 1. The third-order valence-electron chi connectivity index (χ3n) is 2.53. The lowest BCUT2D eigenvalue weighted by molar-refractivity contribution is 0.418. The number of rotatable bonds is 2. The van der Waals surface area contributed by atoms with Crippen LogP contribution in [0.1, 0.15) is 12.8 Å². The van der Waals surface area contributed by atoms with E-state index in [1.165, 1.54) is 25.9 Å². The summed E-state index contributed by atoms with van der Waals surface area (Å²) < 4.78 is 2.02. The van der Waals surface area contributed by atoms with Gasteiger partial charge >= 0.3 is 0 Å². The second kappa shape index (κ2) is 7.58.